The maximum Gasteiger partial charge on any atom is 0.227 e. The van der Waals surface area contributed by atoms with E-state index in [1.807, 2.05) is 53.9 Å². The molecule has 20 heavy (non-hydrogen) atoms. The van der Waals surface area contributed by atoms with Crippen molar-refractivity contribution in [3.63, 3.8) is 0 Å². The van der Waals surface area contributed by atoms with Gasteiger partial charge < -0.3 is 9.47 Å². The van der Waals surface area contributed by atoms with Gasteiger partial charge in [-0.05, 0) is 12.0 Å². The first-order valence-electron chi connectivity index (χ1n) is 6.46. The molecule has 3 rings (SSSR count). The number of likely N-dealkylation sites (N-methyl/N-ethyl adjacent to an activating group) is 1. The molecule has 0 saturated carbocycles. The van der Waals surface area contributed by atoms with Crippen LogP contribution in [-0.4, -0.2) is 42.9 Å². The van der Waals surface area contributed by atoms with Crippen molar-refractivity contribution in [1.82, 2.24) is 29.3 Å². The number of anilines is 1. The average molecular weight is 271 g/mol. The smallest absolute Gasteiger partial charge is 0.227 e. The van der Waals surface area contributed by atoms with E-state index in [4.69, 9.17) is 0 Å². The van der Waals surface area contributed by atoms with Crippen LogP contribution in [0.4, 0.5) is 5.95 Å². The Kier molecular flexibility index (Phi) is 3.09. The van der Waals surface area contributed by atoms with E-state index in [9.17, 15) is 0 Å². The predicted molar refractivity (Wildman–Crippen MR) is 76.5 cm³/mol. The zero-order chi connectivity index (χ0) is 14.1. The molecule has 0 N–H and O–H groups in total. The van der Waals surface area contributed by atoms with Gasteiger partial charge >= 0.3 is 0 Å². The normalized spacial score (nSPS) is 11.2. The topological polar surface area (TPSA) is 64.7 Å². The lowest BCUT2D eigenvalue weighted by molar-refractivity contribution is 0.766. The molecule has 104 valence electrons. The molecule has 7 nitrogen and oxygen atoms in total. The highest BCUT2D eigenvalue weighted by molar-refractivity contribution is 5.70. The van der Waals surface area contributed by atoms with Gasteiger partial charge in [-0.15, -0.1) is 0 Å². The van der Waals surface area contributed by atoms with E-state index >= 15 is 0 Å². The van der Waals surface area contributed by atoms with Gasteiger partial charge in [-0.1, -0.05) is 0 Å². The average Bonchev–Trinajstić information content (AvgIpc) is 3.02. The summed E-state index contributed by atoms with van der Waals surface area (Å²) in [7, 11) is 5.84. The third-order valence-electron chi connectivity index (χ3n) is 3.31. The van der Waals surface area contributed by atoms with Gasteiger partial charge in [0.25, 0.3) is 0 Å². The van der Waals surface area contributed by atoms with Crippen LogP contribution in [0.5, 0.6) is 0 Å². The fourth-order valence-corrected chi connectivity index (χ4v) is 2.09. The van der Waals surface area contributed by atoms with Gasteiger partial charge in [0.1, 0.15) is 5.52 Å². The Labute approximate surface area is 116 Å². The maximum absolute atomic E-state index is 4.48. The van der Waals surface area contributed by atoms with Crippen LogP contribution in [0.1, 0.15) is 5.56 Å². The van der Waals surface area contributed by atoms with Crippen molar-refractivity contribution in [2.45, 2.75) is 6.42 Å². The van der Waals surface area contributed by atoms with E-state index in [0.29, 0.717) is 5.95 Å². The van der Waals surface area contributed by atoms with Gasteiger partial charge in [0.05, 0.1) is 18.7 Å². The molecule has 0 unspecified atom stereocenters. The number of aryl methyl sites for hydroxylation is 2. The van der Waals surface area contributed by atoms with Crippen LogP contribution in [0, 0.1) is 0 Å². The van der Waals surface area contributed by atoms with Crippen LogP contribution in [0.25, 0.3) is 11.2 Å². The lowest BCUT2D eigenvalue weighted by Crippen LogP contribution is -2.22. The van der Waals surface area contributed by atoms with Crippen LogP contribution in [0.2, 0.25) is 0 Å². The Bertz CT molecular complexity index is 727. The van der Waals surface area contributed by atoms with E-state index in [-0.39, 0.29) is 0 Å². The van der Waals surface area contributed by atoms with Gasteiger partial charge in [0, 0.05) is 33.9 Å². The molecule has 0 amide bonds. The molecular formula is C13H17N7. The minimum atomic E-state index is 0.695. The van der Waals surface area contributed by atoms with Crippen molar-refractivity contribution < 1.29 is 0 Å². The lowest BCUT2D eigenvalue weighted by Gasteiger charge is -2.15. The maximum atomic E-state index is 4.48. The number of aromatic nitrogens is 6. The first-order valence-corrected chi connectivity index (χ1v) is 6.46. The minimum absolute atomic E-state index is 0.695. The second-order valence-corrected chi connectivity index (χ2v) is 4.93. The molecule has 0 fully saturated rings. The summed E-state index contributed by atoms with van der Waals surface area (Å²) in [5.74, 6) is 0.695. The lowest BCUT2D eigenvalue weighted by atomic mass is 10.2. The molecule has 0 saturated heterocycles. The highest BCUT2D eigenvalue weighted by Crippen LogP contribution is 2.12. The Balaban J connectivity index is 1.73. The monoisotopic (exact) mass is 271 g/mol. The Hall–Kier alpha value is -2.44. The van der Waals surface area contributed by atoms with Crippen molar-refractivity contribution in [2.75, 3.05) is 18.5 Å². The SMILES string of the molecule is CN(CCc1cnn(C)c1)c1ncc2c(ncn2C)n1. The summed E-state index contributed by atoms with van der Waals surface area (Å²) in [6, 6.07) is 0. The molecule has 3 aromatic heterocycles. The zero-order valence-electron chi connectivity index (χ0n) is 11.9. The quantitative estimate of drug-likeness (QED) is 0.701. The molecule has 0 radical (unpaired) electrons. The van der Waals surface area contributed by atoms with Crippen LogP contribution >= 0.6 is 0 Å². The van der Waals surface area contributed by atoms with Crippen LogP contribution < -0.4 is 4.90 Å². The van der Waals surface area contributed by atoms with E-state index in [1.165, 1.54) is 5.56 Å². The molecule has 0 aliphatic heterocycles. The molecule has 0 aromatic carbocycles. The summed E-state index contributed by atoms with van der Waals surface area (Å²) < 4.78 is 3.72. The molecule has 0 atom stereocenters. The van der Waals surface area contributed by atoms with Gasteiger partial charge in [-0.2, -0.15) is 10.1 Å². The molecule has 3 aromatic rings. The summed E-state index contributed by atoms with van der Waals surface area (Å²) >= 11 is 0. The standard InChI is InChI=1S/C13H17N7/c1-18(5-4-10-6-16-20(3)8-10)13-14-7-11-12(17-13)15-9-19(11)2/h6-9H,4-5H2,1-3H3. The first-order chi connectivity index (χ1) is 9.63. The van der Waals surface area contributed by atoms with Crippen molar-refractivity contribution in [2.24, 2.45) is 14.1 Å². The molecular weight excluding hydrogens is 254 g/mol. The van der Waals surface area contributed by atoms with Crippen LogP contribution in [0.3, 0.4) is 0 Å². The second-order valence-electron chi connectivity index (χ2n) is 4.93. The zero-order valence-corrected chi connectivity index (χ0v) is 11.9. The minimum Gasteiger partial charge on any atom is -0.343 e. The summed E-state index contributed by atoms with van der Waals surface area (Å²) in [5.41, 5.74) is 2.87. The number of rotatable bonds is 4. The largest absolute Gasteiger partial charge is 0.343 e. The van der Waals surface area contributed by atoms with E-state index in [0.717, 1.165) is 24.1 Å². The van der Waals surface area contributed by atoms with Crippen molar-refractivity contribution in [3.8, 4) is 0 Å². The van der Waals surface area contributed by atoms with Gasteiger partial charge in [-0.25, -0.2) is 9.97 Å². The van der Waals surface area contributed by atoms with Gasteiger partial charge in [-0.3, -0.25) is 4.68 Å². The highest BCUT2D eigenvalue weighted by Gasteiger charge is 2.08. The molecule has 3 heterocycles. The molecule has 7 heteroatoms. The van der Waals surface area contributed by atoms with Crippen molar-refractivity contribution in [3.05, 3.63) is 30.5 Å². The van der Waals surface area contributed by atoms with Crippen LogP contribution in [0.15, 0.2) is 24.9 Å². The summed E-state index contributed by atoms with van der Waals surface area (Å²) in [4.78, 5) is 15.1. The van der Waals surface area contributed by atoms with E-state index in [1.54, 1.807) is 6.33 Å². The summed E-state index contributed by atoms with van der Waals surface area (Å²) in [5, 5.41) is 4.17. The number of fused-ring (bicyclic) bond motifs is 1. The summed E-state index contributed by atoms with van der Waals surface area (Å²) in [6.07, 6.45) is 8.38. The van der Waals surface area contributed by atoms with E-state index < -0.39 is 0 Å². The number of imidazole rings is 1. The van der Waals surface area contributed by atoms with Gasteiger partial charge in [0.2, 0.25) is 5.95 Å². The fourth-order valence-electron chi connectivity index (χ4n) is 2.09. The molecule has 0 aliphatic rings. The Morgan fingerprint density at radius 2 is 2.05 bits per heavy atom. The molecule has 0 spiro atoms. The summed E-state index contributed by atoms with van der Waals surface area (Å²) in [6.45, 7) is 0.837. The first kappa shape index (κ1) is 12.6. The highest BCUT2D eigenvalue weighted by atomic mass is 15.3. The van der Waals surface area contributed by atoms with Crippen molar-refractivity contribution in [1.29, 1.82) is 0 Å². The van der Waals surface area contributed by atoms with Gasteiger partial charge in [0.15, 0.2) is 5.65 Å². The Morgan fingerprint density at radius 1 is 1.20 bits per heavy atom. The third-order valence-corrected chi connectivity index (χ3v) is 3.31. The molecule has 0 aliphatic carbocycles. The predicted octanol–water partition coefficient (Wildman–Crippen LogP) is 0.776. The number of hydrogen-bond acceptors (Lipinski definition) is 5. The second kappa shape index (κ2) is 4.92. The Morgan fingerprint density at radius 3 is 2.80 bits per heavy atom. The number of hydrogen-bond donors (Lipinski definition) is 0. The van der Waals surface area contributed by atoms with Crippen molar-refractivity contribution >= 4 is 17.1 Å². The van der Waals surface area contributed by atoms with E-state index in [2.05, 4.69) is 20.1 Å². The number of nitrogens with zero attached hydrogens (tertiary/aromatic N) is 7. The molecule has 0 bridgehead atoms. The fraction of sp³-hybridized carbons (Fsp3) is 0.385. The van der Waals surface area contributed by atoms with Crippen LogP contribution in [-0.2, 0) is 20.5 Å². The third kappa shape index (κ3) is 2.34.